The van der Waals surface area contributed by atoms with Crippen LogP contribution in [0.15, 0.2) is 24.3 Å². The van der Waals surface area contributed by atoms with Crippen molar-refractivity contribution < 1.29 is 4.74 Å². The molecule has 2 heterocycles. The molecule has 1 N–H and O–H groups in total. The van der Waals surface area contributed by atoms with E-state index in [1.165, 1.54) is 16.8 Å². The molecule has 5 heteroatoms. The number of rotatable bonds is 5. The SMILES string of the molecule is CCc1cccc(CC)c1Nc1cc(C)nc(N2CCOCC2)n1. The van der Waals surface area contributed by atoms with Crippen molar-refractivity contribution in [3.05, 3.63) is 41.1 Å². The van der Waals surface area contributed by atoms with Gasteiger partial charge in [-0.1, -0.05) is 32.0 Å². The fourth-order valence-electron chi connectivity index (χ4n) is 3.05. The number of anilines is 3. The smallest absolute Gasteiger partial charge is 0.227 e. The molecular weight excluding hydrogens is 300 g/mol. The van der Waals surface area contributed by atoms with E-state index in [9.17, 15) is 0 Å². The lowest BCUT2D eigenvalue weighted by atomic mass is 10.0. The fourth-order valence-corrected chi connectivity index (χ4v) is 3.05. The third kappa shape index (κ3) is 3.67. The van der Waals surface area contributed by atoms with Gasteiger partial charge in [0.1, 0.15) is 5.82 Å². The van der Waals surface area contributed by atoms with E-state index in [-0.39, 0.29) is 0 Å². The topological polar surface area (TPSA) is 50.3 Å². The minimum Gasteiger partial charge on any atom is -0.378 e. The lowest BCUT2D eigenvalue weighted by molar-refractivity contribution is 0.122. The first kappa shape index (κ1) is 16.7. The van der Waals surface area contributed by atoms with Gasteiger partial charge >= 0.3 is 0 Å². The number of aromatic nitrogens is 2. The Morgan fingerprint density at radius 2 is 1.75 bits per heavy atom. The second kappa shape index (κ2) is 7.62. The Kier molecular flexibility index (Phi) is 5.30. The van der Waals surface area contributed by atoms with Gasteiger partial charge in [0.05, 0.1) is 13.2 Å². The van der Waals surface area contributed by atoms with Crippen LogP contribution in [-0.4, -0.2) is 36.3 Å². The van der Waals surface area contributed by atoms with Crippen LogP contribution in [0.3, 0.4) is 0 Å². The highest BCUT2D eigenvalue weighted by Crippen LogP contribution is 2.27. The molecule has 0 atom stereocenters. The highest BCUT2D eigenvalue weighted by atomic mass is 16.5. The molecule has 1 aromatic carbocycles. The van der Waals surface area contributed by atoms with Gasteiger partial charge in [0.15, 0.2) is 0 Å². The van der Waals surface area contributed by atoms with E-state index in [1.54, 1.807) is 0 Å². The predicted molar refractivity (Wildman–Crippen MR) is 98.3 cm³/mol. The summed E-state index contributed by atoms with van der Waals surface area (Å²) in [7, 11) is 0. The van der Waals surface area contributed by atoms with E-state index < -0.39 is 0 Å². The van der Waals surface area contributed by atoms with Crippen LogP contribution in [0.5, 0.6) is 0 Å². The van der Waals surface area contributed by atoms with Crippen molar-refractivity contribution in [1.29, 1.82) is 0 Å². The fraction of sp³-hybridized carbons (Fsp3) is 0.474. The van der Waals surface area contributed by atoms with E-state index in [1.807, 2.05) is 13.0 Å². The minimum absolute atomic E-state index is 0.735. The molecule has 0 unspecified atom stereocenters. The monoisotopic (exact) mass is 326 g/mol. The van der Waals surface area contributed by atoms with Gasteiger partial charge in [0.2, 0.25) is 5.95 Å². The molecule has 0 radical (unpaired) electrons. The third-order valence-corrected chi connectivity index (χ3v) is 4.39. The average molecular weight is 326 g/mol. The predicted octanol–water partition coefficient (Wildman–Crippen LogP) is 3.49. The number of morpholine rings is 1. The molecule has 1 fully saturated rings. The maximum atomic E-state index is 5.43. The first-order valence-corrected chi connectivity index (χ1v) is 8.77. The molecule has 1 aliphatic heterocycles. The molecular formula is C19H26N4O. The van der Waals surface area contributed by atoms with Crippen LogP contribution in [0.25, 0.3) is 0 Å². The number of hydrogen-bond acceptors (Lipinski definition) is 5. The Bertz CT molecular complexity index is 674. The lowest BCUT2D eigenvalue weighted by Gasteiger charge is -2.27. The quantitative estimate of drug-likeness (QED) is 0.911. The number of benzene rings is 1. The summed E-state index contributed by atoms with van der Waals surface area (Å²) in [4.78, 5) is 11.5. The van der Waals surface area contributed by atoms with Crippen molar-refractivity contribution in [3.63, 3.8) is 0 Å². The van der Waals surface area contributed by atoms with E-state index in [0.717, 1.165) is 56.6 Å². The summed E-state index contributed by atoms with van der Waals surface area (Å²) in [6.45, 7) is 9.54. The average Bonchev–Trinajstić information content (AvgIpc) is 2.62. The van der Waals surface area contributed by atoms with Gasteiger partial charge in [-0.25, -0.2) is 4.98 Å². The molecule has 2 aromatic rings. The van der Waals surface area contributed by atoms with Gasteiger partial charge in [0.25, 0.3) is 0 Å². The van der Waals surface area contributed by atoms with Crippen LogP contribution in [0.2, 0.25) is 0 Å². The molecule has 128 valence electrons. The summed E-state index contributed by atoms with van der Waals surface area (Å²) in [5.41, 5.74) is 4.80. The molecule has 3 rings (SSSR count). The Morgan fingerprint density at radius 1 is 1.08 bits per heavy atom. The van der Waals surface area contributed by atoms with Crippen molar-refractivity contribution in [2.24, 2.45) is 0 Å². The van der Waals surface area contributed by atoms with Crippen molar-refractivity contribution in [3.8, 4) is 0 Å². The van der Waals surface area contributed by atoms with Crippen LogP contribution in [0.1, 0.15) is 30.7 Å². The van der Waals surface area contributed by atoms with Crippen molar-refractivity contribution in [1.82, 2.24) is 9.97 Å². The highest BCUT2D eigenvalue weighted by molar-refractivity contribution is 5.66. The summed E-state index contributed by atoms with van der Waals surface area (Å²) in [5.74, 6) is 1.65. The van der Waals surface area contributed by atoms with Gasteiger partial charge in [-0.05, 0) is 30.9 Å². The van der Waals surface area contributed by atoms with Crippen LogP contribution in [0.4, 0.5) is 17.5 Å². The number of nitrogens with one attached hydrogen (secondary N) is 1. The first-order chi connectivity index (χ1) is 11.7. The summed E-state index contributed by atoms with van der Waals surface area (Å²) in [5, 5.41) is 3.55. The number of hydrogen-bond donors (Lipinski definition) is 1. The summed E-state index contributed by atoms with van der Waals surface area (Å²) in [6.07, 6.45) is 1.99. The second-order valence-corrected chi connectivity index (χ2v) is 6.08. The van der Waals surface area contributed by atoms with Crippen LogP contribution in [-0.2, 0) is 17.6 Å². The van der Waals surface area contributed by atoms with Gasteiger partial charge < -0.3 is 15.0 Å². The van der Waals surface area contributed by atoms with Crippen LogP contribution >= 0.6 is 0 Å². The zero-order valence-corrected chi connectivity index (χ0v) is 14.8. The molecule has 0 amide bonds. The zero-order chi connectivity index (χ0) is 16.9. The Balaban J connectivity index is 1.92. The van der Waals surface area contributed by atoms with E-state index in [2.05, 4.69) is 47.2 Å². The molecule has 1 aliphatic rings. The standard InChI is InChI=1S/C19H26N4O/c1-4-15-7-6-8-16(5-2)18(15)21-17-13-14(3)20-19(22-17)23-9-11-24-12-10-23/h6-8,13H,4-5,9-12H2,1-3H3,(H,20,21,22). The van der Waals surface area contributed by atoms with Crippen molar-refractivity contribution in [2.75, 3.05) is 36.5 Å². The molecule has 0 aliphatic carbocycles. The largest absolute Gasteiger partial charge is 0.378 e. The van der Waals surface area contributed by atoms with Gasteiger partial charge in [-0.2, -0.15) is 4.98 Å². The first-order valence-electron chi connectivity index (χ1n) is 8.77. The lowest BCUT2D eigenvalue weighted by Crippen LogP contribution is -2.37. The van der Waals surface area contributed by atoms with Gasteiger partial charge in [-0.3, -0.25) is 0 Å². The molecule has 0 bridgehead atoms. The van der Waals surface area contributed by atoms with Gasteiger partial charge in [0, 0.05) is 30.5 Å². The van der Waals surface area contributed by atoms with E-state index in [0.29, 0.717) is 0 Å². The van der Waals surface area contributed by atoms with Gasteiger partial charge in [-0.15, -0.1) is 0 Å². The number of nitrogens with zero attached hydrogens (tertiary/aromatic N) is 3. The molecule has 0 saturated carbocycles. The second-order valence-electron chi connectivity index (χ2n) is 6.08. The third-order valence-electron chi connectivity index (χ3n) is 4.39. The van der Waals surface area contributed by atoms with Crippen molar-refractivity contribution >= 4 is 17.5 Å². The van der Waals surface area contributed by atoms with Crippen LogP contribution in [0, 0.1) is 6.92 Å². The highest BCUT2D eigenvalue weighted by Gasteiger charge is 2.16. The summed E-state index contributed by atoms with van der Waals surface area (Å²) in [6, 6.07) is 8.50. The van der Waals surface area contributed by atoms with E-state index in [4.69, 9.17) is 9.72 Å². The Labute approximate surface area is 144 Å². The maximum absolute atomic E-state index is 5.43. The Morgan fingerprint density at radius 3 is 2.38 bits per heavy atom. The Hall–Kier alpha value is -2.14. The summed E-state index contributed by atoms with van der Waals surface area (Å²) >= 11 is 0. The normalized spacial score (nSPS) is 14.7. The molecule has 24 heavy (non-hydrogen) atoms. The summed E-state index contributed by atoms with van der Waals surface area (Å²) < 4.78 is 5.43. The molecule has 0 spiro atoms. The van der Waals surface area contributed by atoms with Crippen molar-refractivity contribution in [2.45, 2.75) is 33.6 Å². The maximum Gasteiger partial charge on any atom is 0.227 e. The number of ether oxygens (including phenoxy) is 1. The zero-order valence-electron chi connectivity index (χ0n) is 14.8. The molecule has 1 aromatic heterocycles. The number of aryl methyl sites for hydroxylation is 3. The van der Waals surface area contributed by atoms with E-state index >= 15 is 0 Å². The number of para-hydroxylation sites is 1. The minimum atomic E-state index is 0.735. The molecule has 5 nitrogen and oxygen atoms in total. The van der Waals surface area contributed by atoms with Crippen LogP contribution < -0.4 is 10.2 Å². The molecule has 1 saturated heterocycles.